The van der Waals surface area contributed by atoms with Gasteiger partial charge in [0.1, 0.15) is 6.10 Å². The second-order valence-electron chi connectivity index (χ2n) is 4.68. The van der Waals surface area contributed by atoms with E-state index >= 15 is 0 Å². The van der Waals surface area contributed by atoms with Gasteiger partial charge < -0.3 is 4.74 Å². The van der Waals surface area contributed by atoms with Crippen molar-refractivity contribution in [1.82, 2.24) is 5.06 Å². The molecule has 0 aromatic carbocycles. The van der Waals surface area contributed by atoms with Crippen molar-refractivity contribution < 1.29 is 9.57 Å². The molecule has 3 heteroatoms. The fourth-order valence-electron chi connectivity index (χ4n) is 2.71. The van der Waals surface area contributed by atoms with Crippen LogP contribution in [0.15, 0.2) is 0 Å². The van der Waals surface area contributed by atoms with Gasteiger partial charge in [-0.05, 0) is 19.3 Å². The smallest absolute Gasteiger partial charge is 0.160 e. The van der Waals surface area contributed by atoms with Crippen LogP contribution in [0.2, 0.25) is 0 Å². The van der Waals surface area contributed by atoms with Crippen LogP contribution in [0.4, 0.5) is 0 Å². The predicted octanol–water partition coefficient (Wildman–Crippen LogP) is 2.71. The maximum absolute atomic E-state index is 5.80. The number of hydroxylamine groups is 2. The maximum atomic E-state index is 5.80. The van der Waals surface area contributed by atoms with Crippen molar-refractivity contribution in [1.29, 1.82) is 0 Å². The molecular weight excluding hydrogens is 190 g/mol. The fourth-order valence-corrected chi connectivity index (χ4v) is 2.71. The Bertz CT molecular complexity index is 190. The topological polar surface area (TPSA) is 21.7 Å². The van der Waals surface area contributed by atoms with Crippen LogP contribution < -0.4 is 0 Å². The average Bonchev–Trinajstić information content (AvgIpc) is 2.46. The van der Waals surface area contributed by atoms with E-state index in [2.05, 4.69) is 12.0 Å². The normalized spacial score (nSPS) is 34.8. The molecule has 2 rings (SSSR count). The Kier molecular flexibility index (Phi) is 4.00. The number of methoxy groups -OCH3 is 1. The van der Waals surface area contributed by atoms with E-state index in [0.717, 1.165) is 6.42 Å². The molecule has 88 valence electrons. The molecule has 0 amide bonds. The van der Waals surface area contributed by atoms with Gasteiger partial charge in [0, 0.05) is 13.2 Å². The van der Waals surface area contributed by atoms with Gasteiger partial charge in [-0.15, -0.1) is 0 Å². The molecule has 1 saturated heterocycles. The quantitative estimate of drug-likeness (QED) is 0.673. The molecule has 1 saturated carbocycles. The van der Waals surface area contributed by atoms with Gasteiger partial charge in [-0.1, -0.05) is 32.6 Å². The first-order valence-corrected chi connectivity index (χ1v) is 6.34. The SMILES string of the molecule is CCC1ON(C2CCCCCC2)C1OC. The van der Waals surface area contributed by atoms with E-state index in [9.17, 15) is 0 Å². The number of nitrogens with zero attached hydrogens (tertiary/aromatic N) is 1. The lowest BCUT2D eigenvalue weighted by molar-refractivity contribution is -0.415. The maximum Gasteiger partial charge on any atom is 0.160 e. The van der Waals surface area contributed by atoms with E-state index in [-0.39, 0.29) is 6.23 Å². The Hall–Kier alpha value is -0.120. The molecule has 1 aliphatic heterocycles. The molecule has 2 aliphatic rings. The first-order chi connectivity index (χ1) is 7.36. The molecule has 0 aromatic heterocycles. The Morgan fingerprint density at radius 2 is 1.87 bits per heavy atom. The first kappa shape index (κ1) is 11.4. The van der Waals surface area contributed by atoms with Crippen LogP contribution in [0.25, 0.3) is 0 Å². The van der Waals surface area contributed by atoms with Crippen molar-refractivity contribution >= 4 is 0 Å². The van der Waals surface area contributed by atoms with Crippen LogP contribution >= 0.6 is 0 Å². The van der Waals surface area contributed by atoms with Gasteiger partial charge in [0.2, 0.25) is 0 Å². The van der Waals surface area contributed by atoms with E-state index in [1.807, 2.05) is 0 Å². The van der Waals surface area contributed by atoms with E-state index < -0.39 is 0 Å². The summed E-state index contributed by atoms with van der Waals surface area (Å²) in [4.78, 5) is 5.80. The van der Waals surface area contributed by atoms with Crippen LogP contribution in [-0.4, -0.2) is 30.5 Å². The minimum absolute atomic E-state index is 0.207. The summed E-state index contributed by atoms with van der Waals surface area (Å²) in [6, 6.07) is 0.597. The van der Waals surface area contributed by atoms with Gasteiger partial charge in [-0.2, -0.15) is 5.06 Å². The van der Waals surface area contributed by atoms with Crippen LogP contribution in [-0.2, 0) is 9.57 Å². The number of ether oxygens (including phenoxy) is 1. The van der Waals surface area contributed by atoms with Gasteiger partial charge in [0.15, 0.2) is 6.23 Å². The Labute approximate surface area is 92.7 Å². The third-order valence-electron chi connectivity index (χ3n) is 3.65. The molecule has 2 unspecified atom stereocenters. The third-order valence-corrected chi connectivity index (χ3v) is 3.65. The molecule has 1 aliphatic carbocycles. The van der Waals surface area contributed by atoms with Gasteiger partial charge in [-0.3, -0.25) is 4.84 Å². The standard InChI is InChI=1S/C12H23NO2/c1-3-11-12(14-2)13(15-11)10-8-6-4-5-7-9-10/h10-12H,3-9H2,1-2H3. The lowest BCUT2D eigenvalue weighted by atomic mass is 10.1. The van der Waals surface area contributed by atoms with E-state index in [4.69, 9.17) is 9.57 Å². The Morgan fingerprint density at radius 1 is 1.20 bits per heavy atom. The lowest BCUT2D eigenvalue weighted by Crippen LogP contribution is -2.62. The van der Waals surface area contributed by atoms with Crippen LogP contribution in [0, 0.1) is 0 Å². The summed E-state index contributed by atoms with van der Waals surface area (Å²) in [6.45, 7) is 2.15. The van der Waals surface area contributed by atoms with E-state index in [1.54, 1.807) is 7.11 Å². The highest BCUT2D eigenvalue weighted by Crippen LogP contribution is 2.33. The summed E-state index contributed by atoms with van der Waals surface area (Å²) in [5, 5.41) is 2.11. The highest BCUT2D eigenvalue weighted by atomic mass is 16.8. The van der Waals surface area contributed by atoms with Crippen LogP contribution in [0.5, 0.6) is 0 Å². The molecule has 2 atom stereocenters. The molecule has 1 heterocycles. The minimum atomic E-state index is 0.207. The second-order valence-corrected chi connectivity index (χ2v) is 4.68. The van der Waals surface area contributed by atoms with Crippen molar-refractivity contribution in [2.45, 2.75) is 70.2 Å². The predicted molar refractivity (Wildman–Crippen MR) is 59.3 cm³/mol. The number of rotatable bonds is 3. The van der Waals surface area contributed by atoms with Crippen molar-refractivity contribution in [3.63, 3.8) is 0 Å². The molecule has 0 spiro atoms. The molecule has 3 nitrogen and oxygen atoms in total. The van der Waals surface area contributed by atoms with Crippen molar-refractivity contribution in [2.24, 2.45) is 0 Å². The highest BCUT2D eigenvalue weighted by molar-refractivity contribution is 4.82. The van der Waals surface area contributed by atoms with Gasteiger partial charge in [-0.25, -0.2) is 0 Å². The molecule has 15 heavy (non-hydrogen) atoms. The third kappa shape index (κ3) is 2.35. The van der Waals surface area contributed by atoms with E-state index in [1.165, 1.54) is 38.5 Å². The van der Waals surface area contributed by atoms with Crippen molar-refractivity contribution in [3.05, 3.63) is 0 Å². The summed E-state index contributed by atoms with van der Waals surface area (Å²) in [6.07, 6.45) is 9.55. The summed E-state index contributed by atoms with van der Waals surface area (Å²) in [5.74, 6) is 0. The summed E-state index contributed by atoms with van der Waals surface area (Å²) in [5.41, 5.74) is 0. The van der Waals surface area contributed by atoms with E-state index in [0.29, 0.717) is 12.1 Å². The fraction of sp³-hybridized carbons (Fsp3) is 1.00. The average molecular weight is 213 g/mol. The summed E-state index contributed by atoms with van der Waals surface area (Å²) < 4.78 is 5.50. The van der Waals surface area contributed by atoms with Crippen LogP contribution in [0.1, 0.15) is 51.9 Å². The molecular formula is C12H23NO2. The summed E-state index contributed by atoms with van der Waals surface area (Å²) >= 11 is 0. The number of hydrogen-bond acceptors (Lipinski definition) is 3. The summed E-state index contributed by atoms with van der Waals surface area (Å²) in [7, 11) is 1.79. The number of hydrogen-bond donors (Lipinski definition) is 0. The zero-order valence-electron chi connectivity index (χ0n) is 9.95. The van der Waals surface area contributed by atoms with Crippen LogP contribution in [0.3, 0.4) is 0 Å². The van der Waals surface area contributed by atoms with Crippen molar-refractivity contribution in [3.8, 4) is 0 Å². The van der Waals surface area contributed by atoms with Crippen molar-refractivity contribution in [2.75, 3.05) is 7.11 Å². The molecule has 0 N–H and O–H groups in total. The highest BCUT2D eigenvalue weighted by Gasteiger charge is 2.43. The zero-order chi connectivity index (χ0) is 10.7. The second kappa shape index (κ2) is 5.28. The molecule has 0 radical (unpaired) electrons. The molecule has 2 fully saturated rings. The molecule has 0 aromatic rings. The molecule has 0 bridgehead atoms. The Morgan fingerprint density at radius 3 is 2.40 bits per heavy atom. The monoisotopic (exact) mass is 213 g/mol. The Balaban J connectivity index is 1.87. The van der Waals surface area contributed by atoms with Gasteiger partial charge >= 0.3 is 0 Å². The first-order valence-electron chi connectivity index (χ1n) is 6.34. The van der Waals surface area contributed by atoms with Gasteiger partial charge in [0.25, 0.3) is 0 Å². The zero-order valence-corrected chi connectivity index (χ0v) is 9.95. The van der Waals surface area contributed by atoms with Gasteiger partial charge in [0.05, 0.1) is 0 Å². The largest absolute Gasteiger partial charge is 0.361 e. The minimum Gasteiger partial charge on any atom is -0.361 e. The lowest BCUT2D eigenvalue weighted by Gasteiger charge is -2.49.